The van der Waals surface area contributed by atoms with E-state index in [9.17, 15) is 9.90 Å². The van der Waals surface area contributed by atoms with Crippen molar-refractivity contribution >= 4 is 52.1 Å². The second-order valence-electron chi connectivity index (χ2n) is 4.80. The molecule has 0 saturated heterocycles. The average Bonchev–Trinajstić information content (AvgIpc) is 3.04. The van der Waals surface area contributed by atoms with Crippen molar-refractivity contribution in [1.29, 1.82) is 0 Å². The minimum Gasteiger partial charge on any atom is -0.504 e. The smallest absolute Gasteiger partial charge is 0.253 e. The van der Waals surface area contributed by atoms with E-state index in [4.69, 9.17) is 22.1 Å². The number of aromatic nitrogens is 4. The Morgan fingerprint density at radius 1 is 1.48 bits per heavy atom. The van der Waals surface area contributed by atoms with Crippen molar-refractivity contribution in [2.45, 2.75) is 9.74 Å². The van der Waals surface area contributed by atoms with E-state index in [2.05, 4.69) is 25.3 Å². The van der Waals surface area contributed by atoms with Crippen molar-refractivity contribution in [1.82, 2.24) is 19.9 Å². The third-order valence-electron chi connectivity index (χ3n) is 3.14. The molecule has 1 atom stereocenters. The summed E-state index contributed by atoms with van der Waals surface area (Å²) in [4.78, 5) is 27.2. The van der Waals surface area contributed by atoms with Crippen molar-refractivity contribution in [3.05, 3.63) is 24.5 Å². The summed E-state index contributed by atoms with van der Waals surface area (Å²) in [6, 6.07) is 4.42. The van der Waals surface area contributed by atoms with Crippen LogP contribution in [-0.2, 0) is 4.79 Å². The van der Waals surface area contributed by atoms with E-state index in [-0.39, 0.29) is 17.4 Å². The largest absolute Gasteiger partial charge is 0.504 e. The molecule has 130 valence electrons. The normalized spacial score (nSPS) is 12.1. The molecule has 1 aromatic carbocycles. The first-order valence-corrected chi connectivity index (χ1v) is 8.24. The van der Waals surface area contributed by atoms with E-state index in [0.29, 0.717) is 21.9 Å². The van der Waals surface area contributed by atoms with Crippen LogP contribution in [0.25, 0.3) is 11.2 Å². The summed E-state index contributed by atoms with van der Waals surface area (Å²) < 4.78 is 4.01. The molecule has 9 nitrogen and oxygen atoms in total. The molecule has 1 unspecified atom stereocenters. The second-order valence-corrected chi connectivity index (χ2v) is 6.59. The van der Waals surface area contributed by atoms with Gasteiger partial charge in [-0.15, -0.1) is 0 Å². The summed E-state index contributed by atoms with van der Waals surface area (Å²) in [5.74, 6) is -0.228. The molecule has 0 saturated carbocycles. The van der Waals surface area contributed by atoms with Gasteiger partial charge in [-0.25, -0.2) is 9.97 Å². The lowest BCUT2D eigenvalue weighted by atomic mass is 10.3. The maximum Gasteiger partial charge on any atom is 0.253 e. The molecule has 1 amide bonds. The van der Waals surface area contributed by atoms with Crippen molar-refractivity contribution in [2.24, 2.45) is 0 Å². The number of hydrogen-bond donors (Lipinski definition) is 4. The SMILES string of the molecule is COc1cc(NC(=O)C(Cl)Sc2nc(N)nc3nc[nH]c23)ccc1O. The zero-order valence-electron chi connectivity index (χ0n) is 12.9. The maximum atomic E-state index is 12.3. The first-order chi connectivity index (χ1) is 12.0. The number of hydrogen-bond acceptors (Lipinski definition) is 8. The van der Waals surface area contributed by atoms with Gasteiger partial charge in [0.05, 0.1) is 13.4 Å². The van der Waals surface area contributed by atoms with Crippen molar-refractivity contribution in [3.8, 4) is 11.5 Å². The summed E-state index contributed by atoms with van der Waals surface area (Å²) >= 11 is 7.18. The number of carbonyl (C=O) groups excluding carboxylic acids is 1. The number of nitrogen functional groups attached to an aromatic ring is 1. The van der Waals surface area contributed by atoms with Crippen LogP contribution in [0.15, 0.2) is 29.6 Å². The van der Waals surface area contributed by atoms with Gasteiger partial charge < -0.3 is 25.9 Å². The molecule has 3 rings (SSSR count). The van der Waals surface area contributed by atoms with E-state index in [1.807, 2.05) is 0 Å². The van der Waals surface area contributed by atoms with Crippen LogP contribution >= 0.6 is 23.4 Å². The van der Waals surface area contributed by atoms with Gasteiger partial charge in [0.25, 0.3) is 5.91 Å². The van der Waals surface area contributed by atoms with Gasteiger partial charge in [-0.2, -0.15) is 4.98 Å². The number of nitrogens with zero attached hydrogens (tertiary/aromatic N) is 3. The molecule has 25 heavy (non-hydrogen) atoms. The number of methoxy groups -OCH3 is 1. The first kappa shape index (κ1) is 17.1. The molecule has 2 heterocycles. The highest BCUT2D eigenvalue weighted by Crippen LogP contribution is 2.32. The summed E-state index contributed by atoms with van der Waals surface area (Å²) in [5.41, 5.74) is 7.00. The molecular weight excluding hydrogens is 368 g/mol. The van der Waals surface area contributed by atoms with Crippen LogP contribution in [0.5, 0.6) is 11.5 Å². The predicted molar refractivity (Wildman–Crippen MR) is 94.9 cm³/mol. The molecule has 11 heteroatoms. The van der Waals surface area contributed by atoms with Crippen LogP contribution in [0.3, 0.4) is 0 Å². The standard InChI is InChI=1S/C14H13ClN6O3S/c1-24-8-4-6(2-3-7(8)22)19-12(23)10(15)25-13-9-11(18-5-17-9)20-14(16)21-13/h2-5,10,22H,1H3,(H,19,23)(H3,16,17,18,20,21). The number of aromatic hydroxyl groups is 1. The van der Waals surface area contributed by atoms with Gasteiger partial charge in [-0.1, -0.05) is 23.4 Å². The number of aromatic amines is 1. The number of carbonyl (C=O) groups is 1. The number of imidazole rings is 1. The number of nitrogens with two attached hydrogens (primary N) is 1. The van der Waals surface area contributed by atoms with E-state index < -0.39 is 10.6 Å². The van der Waals surface area contributed by atoms with Crippen LogP contribution in [-0.4, -0.2) is 42.8 Å². The zero-order valence-corrected chi connectivity index (χ0v) is 14.4. The number of fused-ring (bicyclic) bond motifs is 1. The predicted octanol–water partition coefficient (Wildman–Crippen LogP) is 1.94. The number of H-pyrrole nitrogens is 1. The van der Waals surface area contributed by atoms with Gasteiger partial charge in [0, 0.05) is 11.8 Å². The van der Waals surface area contributed by atoms with Gasteiger partial charge >= 0.3 is 0 Å². The molecule has 0 aliphatic heterocycles. The van der Waals surface area contributed by atoms with Gasteiger partial charge in [0.1, 0.15) is 10.5 Å². The lowest BCUT2D eigenvalue weighted by Crippen LogP contribution is -2.20. The highest BCUT2D eigenvalue weighted by Gasteiger charge is 2.21. The van der Waals surface area contributed by atoms with Gasteiger partial charge in [0.2, 0.25) is 5.95 Å². The molecule has 2 aromatic heterocycles. The average molecular weight is 381 g/mol. The Bertz CT molecular complexity index is 934. The van der Waals surface area contributed by atoms with Crippen LogP contribution < -0.4 is 15.8 Å². The number of phenols is 1. The number of halogens is 1. The third kappa shape index (κ3) is 3.69. The van der Waals surface area contributed by atoms with Crippen molar-refractivity contribution in [3.63, 3.8) is 0 Å². The fraction of sp³-hybridized carbons (Fsp3) is 0.143. The fourth-order valence-electron chi connectivity index (χ4n) is 2.01. The molecule has 0 radical (unpaired) electrons. The molecule has 3 aromatic rings. The molecular formula is C14H13ClN6O3S. The monoisotopic (exact) mass is 380 g/mol. The summed E-state index contributed by atoms with van der Waals surface area (Å²) in [7, 11) is 1.41. The Morgan fingerprint density at radius 2 is 2.28 bits per heavy atom. The van der Waals surface area contributed by atoms with Gasteiger partial charge in [-0.3, -0.25) is 4.79 Å². The lowest BCUT2D eigenvalue weighted by Gasteiger charge is -2.12. The number of benzene rings is 1. The van der Waals surface area contributed by atoms with Crippen LogP contribution in [0.4, 0.5) is 11.6 Å². The van der Waals surface area contributed by atoms with E-state index in [1.165, 1.54) is 31.6 Å². The molecule has 0 aliphatic rings. The van der Waals surface area contributed by atoms with Crippen LogP contribution in [0.2, 0.25) is 0 Å². The quantitative estimate of drug-likeness (QED) is 0.228. The number of alkyl halides is 1. The fourth-order valence-corrected chi connectivity index (χ4v) is 3.10. The van der Waals surface area contributed by atoms with Crippen molar-refractivity contribution in [2.75, 3.05) is 18.2 Å². The molecule has 0 spiro atoms. The van der Waals surface area contributed by atoms with Crippen molar-refractivity contribution < 1.29 is 14.6 Å². The Labute approximate surface area is 151 Å². The summed E-state index contributed by atoms with van der Waals surface area (Å²) in [6.07, 6.45) is 1.45. The maximum absolute atomic E-state index is 12.3. The molecule has 0 fully saturated rings. The van der Waals surface area contributed by atoms with E-state index in [0.717, 1.165) is 11.8 Å². The molecule has 0 bridgehead atoms. The number of ether oxygens (including phenoxy) is 1. The lowest BCUT2D eigenvalue weighted by molar-refractivity contribution is -0.114. The Hall–Kier alpha value is -2.72. The van der Waals surface area contributed by atoms with E-state index in [1.54, 1.807) is 0 Å². The number of rotatable bonds is 5. The number of nitrogens with one attached hydrogen (secondary N) is 2. The Balaban J connectivity index is 1.75. The number of amides is 1. The minimum absolute atomic E-state index is 0.0320. The minimum atomic E-state index is -0.986. The summed E-state index contributed by atoms with van der Waals surface area (Å²) in [6.45, 7) is 0. The van der Waals surface area contributed by atoms with Gasteiger partial charge in [0.15, 0.2) is 21.9 Å². The third-order valence-corrected chi connectivity index (χ3v) is 4.54. The van der Waals surface area contributed by atoms with Crippen LogP contribution in [0.1, 0.15) is 0 Å². The number of anilines is 2. The van der Waals surface area contributed by atoms with E-state index >= 15 is 0 Å². The molecule has 5 N–H and O–H groups in total. The Kier molecular flexibility index (Phi) is 4.81. The number of thioether (sulfide) groups is 1. The highest BCUT2D eigenvalue weighted by molar-refractivity contribution is 8.02. The Morgan fingerprint density at radius 3 is 3.04 bits per heavy atom. The zero-order chi connectivity index (χ0) is 18.0. The summed E-state index contributed by atoms with van der Waals surface area (Å²) in [5, 5.41) is 12.6. The first-order valence-electron chi connectivity index (χ1n) is 6.93. The van der Waals surface area contributed by atoms with Crippen LogP contribution in [0, 0.1) is 0 Å². The number of phenolic OH excluding ortho intramolecular Hbond substituents is 1. The highest BCUT2D eigenvalue weighted by atomic mass is 35.5. The van der Waals surface area contributed by atoms with Gasteiger partial charge in [-0.05, 0) is 12.1 Å². The topological polar surface area (TPSA) is 139 Å². The molecule has 0 aliphatic carbocycles. The second kappa shape index (κ2) is 7.03.